The number of amides is 2. The summed E-state index contributed by atoms with van der Waals surface area (Å²) in [6, 6.07) is 2.22. The quantitative estimate of drug-likeness (QED) is 0.866. The molecule has 0 saturated heterocycles. The van der Waals surface area contributed by atoms with Crippen molar-refractivity contribution in [2.75, 3.05) is 7.11 Å². The van der Waals surface area contributed by atoms with E-state index in [2.05, 4.69) is 10.3 Å². The summed E-state index contributed by atoms with van der Waals surface area (Å²) in [6.45, 7) is 0.942. The van der Waals surface area contributed by atoms with E-state index in [0.717, 1.165) is 30.5 Å². The van der Waals surface area contributed by atoms with Crippen molar-refractivity contribution in [2.45, 2.75) is 70.5 Å². The van der Waals surface area contributed by atoms with Gasteiger partial charge in [-0.1, -0.05) is 19.3 Å². The number of carbonyl (C=O) groups is 2. The molecule has 3 fully saturated rings. The molecule has 1 spiro atoms. The first kappa shape index (κ1) is 17.0. The summed E-state index contributed by atoms with van der Waals surface area (Å²) >= 11 is 0. The lowest BCUT2D eigenvalue weighted by atomic mass is 9.80. The number of nitrogens with one attached hydrogen (secondary N) is 1. The summed E-state index contributed by atoms with van der Waals surface area (Å²) < 4.78 is 5.46. The van der Waals surface area contributed by atoms with Gasteiger partial charge in [-0.05, 0) is 43.6 Å². The van der Waals surface area contributed by atoms with Gasteiger partial charge in [0.1, 0.15) is 0 Å². The second-order valence-electron chi connectivity index (χ2n) is 8.71. The van der Waals surface area contributed by atoms with Crippen molar-refractivity contribution >= 4 is 11.8 Å². The average molecular weight is 369 g/mol. The Labute approximate surface area is 159 Å². The van der Waals surface area contributed by atoms with E-state index in [4.69, 9.17) is 4.74 Å². The van der Waals surface area contributed by atoms with Crippen LogP contribution < -0.4 is 10.1 Å². The molecule has 1 N–H and O–H groups in total. The van der Waals surface area contributed by atoms with E-state index >= 15 is 0 Å². The first-order valence-electron chi connectivity index (χ1n) is 10.3. The lowest BCUT2D eigenvalue weighted by Crippen LogP contribution is -2.33. The lowest BCUT2D eigenvalue weighted by Gasteiger charge is -2.26. The van der Waals surface area contributed by atoms with Crippen LogP contribution in [0.4, 0.5) is 0 Å². The van der Waals surface area contributed by atoms with Crippen LogP contribution in [0, 0.1) is 11.3 Å². The van der Waals surface area contributed by atoms with Crippen LogP contribution in [-0.4, -0.2) is 34.8 Å². The molecule has 3 aliphatic carbocycles. The summed E-state index contributed by atoms with van der Waals surface area (Å²) in [7, 11) is 1.59. The third-order valence-corrected chi connectivity index (χ3v) is 7.22. The van der Waals surface area contributed by atoms with Gasteiger partial charge in [0.05, 0.1) is 24.9 Å². The number of aromatic nitrogens is 1. The first-order valence-corrected chi connectivity index (χ1v) is 10.3. The SMILES string of the molecule is COc1nc2c(cc1CNC(=O)C1CC13CCC3)C(=O)N(C1CCCC1)C2. The lowest BCUT2D eigenvalue weighted by molar-refractivity contribution is -0.123. The number of fused-ring (bicyclic) bond motifs is 1. The third-order valence-electron chi connectivity index (χ3n) is 7.22. The predicted molar refractivity (Wildman–Crippen MR) is 99.2 cm³/mol. The van der Waals surface area contributed by atoms with Crippen molar-refractivity contribution < 1.29 is 14.3 Å². The molecule has 1 aromatic rings. The number of nitrogens with zero attached hydrogens (tertiary/aromatic N) is 2. The van der Waals surface area contributed by atoms with Crippen molar-refractivity contribution in [3.05, 3.63) is 22.9 Å². The Morgan fingerprint density at radius 2 is 2.11 bits per heavy atom. The standard InChI is InChI=1S/C21H27N3O3/c1-27-19-13(11-22-18(25)16-10-21(16)7-4-8-21)9-15-17(23-19)12-24(20(15)26)14-5-2-3-6-14/h9,14,16H,2-8,10-12H2,1H3,(H,22,25). The van der Waals surface area contributed by atoms with Crippen LogP contribution in [-0.2, 0) is 17.9 Å². The molecule has 2 heterocycles. The van der Waals surface area contributed by atoms with Crippen LogP contribution in [0.5, 0.6) is 5.88 Å². The summed E-state index contributed by atoms with van der Waals surface area (Å²) in [4.78, 5) is 31.9. The summed E-state index contributed by atoms with van der Waals surface area (Å²) in [6.07, 6.45) is 9.24. The normalized spacial score (nSPS) is 25.4. The van der Waals surface area contributed by atoms with Crippen molar-refractivity contribution in [3.63, 3.8) is 0 Å². The van der Waals surface area contributed by atoms with Gasteiger partial charge in [0, 0.05) is 24.1 Å². The first-order chi connectivity index (χ1) is 13.1. The van der Waals surface area contributed by atoms with Gasteiger partial charge in [-0.2, -0.15) is 0 Å². The zero-order valence-electron chi connectivity index (χ0n) is 15.9. The molecule has 144 valence electrons. The molecule has 0 aromatic carbocycles. The zero-order chi connectivity index (χ0) is 18.6. The number of rotatable bonds is 5. The maximum absolute atomic E-state index is 12.9. The Morgan fingerprint density at radius 3 is 2.74 bits per heavy atom. The molecular formula is C21H27N3O3. The molecule has 1 aliphatic heterocycles. The van der Waals surface area contributed by atoms with Crippen LogP contribution in [0.15, 0.2) is 6.07 Å². The fourth-order valence-electron chi connectivity index (χ4n) is 5.29. The fourth-order valence-corrected chi connectivity index (χ4v) is 5.29. The Hall–Kier alpha value is -2.11. The van der Waals surface area contributed by atoms with Gasteiger partial charge >= 0.3 is 0 Å². The minimum atomic E-state index is 0.0789. The van der Waals surface area contributed by atoms with E-state index in [9.17, 15) is 9.59 Å². The number of pyridine rings is 1. The minimum absolute atomic E-state index is 0.0789. The summed E-state index contributed by atoms with van der Waals surface area (Å²) in [5.41, 5.74) is 2.58. The number of hydrogen-bond acceptors (Lipinski definition) is 4. The highest BCUT2D eigenvalue weighted by Crippen LogP contribution is 2.65. The second kappa shape index (κ2) is 6.21. The van der Waals surface area contributed by atoms with Crippen LogP contribution in [0.2, 0.25) is 0 Å². The molecule has 1 aromatic heterocycles. The maximum Gasteiger partial charge on any atom is 0.256 e. The molecule has 0 radical (unpaired) electrons. The van der Waals surface area contributed by atoms with Gasteiger partial charge < -0.3 is 15.0 Å². The summed E-state index contributed by atoms with van der Waals surface area (Å²) in [5.74, 6) is 0.912. The van der Waals surface area contributed by atoms with Crippen LogP contribution in [0.1, 0.15) is 73.0 Å². The number of methoxy groups -OCH3 is 1. The molecule has 6 nitrogen and oxygen atoms in total. The molecule has 1 unspecified atom stereocenters. The molecule has 27 heavy (non-hydrogen) atoms. The Bertz CT molecular complexity index is 796. The van der Waals surface area contributed by atoms with Crippen molar-refractivity contribution in [2.24, 2.45) is 11.3 Å². The van der Waals surface area contributed by atoms with E-state index < -0.39 is 0 Å². The number of carbonyl (C=O) groups excluding carboxylic acids is 2. The zero-order valence-corrected chi connectivity index (χ0v) is 15.9. The smallest absolute Gasteiger partial charge is 0.256 e. The van der Waals surface area contributed by atoms with Crippen molar-refractivity contribution in [1.82, 2.24) is 15.2 Å². The van der Waals surface area contributed by atoms with Crippen molar-refractivity contribution in [3.8, 4) is 5.88 Å². The molecular weight excluding hydrogens is 342 g/mol. The molecule has 5 rings (SSSR count). The maximum atomic E-state index is 12.9. The van der Waals surface area contributed by atoms with Gasteiger partial charge in [0.25, 0.3) is 5.91 Å². The van der Waals surface area contributed by atoms with E-state index in [-0.39, 0.29) is 17.7 Å². The molecule has 0 bridgehead atoms. The van der Waals surface area contributed by atoms with E-state index in [0.29, 0.717) is 36.0 Å². The van der Waals surface area contributed by atoms with Crippen LogP contribution in [0.3, 0.4) is 0 Å². The fraction of sp³-hybridized carbons (Fsp3) is 0.667. The van der Waals surface area contributed by atoms with Gasteiger partial charge in [-0.15, -0.1) is 0 Å². The molecule has 2 amide bonds. The highest BCUT2D eigenvalue weighted by atomic mass is 16.5. The Kier molecular flexibility index (Phi) is 3.92. The topological polar surface area (TPSA) is 71.5 Å². The highest BCUT2D eigenvalue weighted by molar-refractivity contribution is 5.98. The van der Waals surface area contributed by atoms with E-state index in [1.807, 2.05) is 11.0 Å². The van der Waals surface area contributed by atoms with Crippen LogP contribution in [0.25, 0.3) is 0 Å². The predicted octanol–water partition coefficient (Wildman–Crippen LogP) is 2.80. The minimum Gasteiger partial charge on any atom is -0.481 e. The molecule has 4 aliphatic rings. The van der Waals surface area contributed by atoms with Gasteiger partial charge in [0.15, 0.2) is 0 Å². The molecule has 3 saturated carbocycles. The van der Waals surface area contributed by atoms with Gasteiger partial charge in [0.2, 0.25) is 11.8 Å². The molecule has 1 atom stereocenters. The Morgan fingerprint density at radius 1 is 1.33 bits per heavy atom. The van der Waals surface area contributed by atoms with E-state index in [1.54, 1.807) is 7.11 Å². The third kappa shape index (κ3) is 2.72. The monoisotopic (exact) mass is 369 g/mol. The highest BCUT2D eigenvalue weighted by Gasteiger charge is 2.60. The largest absolute Gasteiger partial charge is 0.481 e. The summed E-state index contributed by atoms with van der Waals surface area (Å²) in [5, 5.41) is 3.05. The number of hydrogen-bond donors (Lipinski definition) is 1. The van der Waals surface area contributed by atoms with Gasteiger partial charge in [-0.3, -0.25) is 9.59 Å². The van der Waals surface area contributed by atoms with Gasteiger partial charge in [-0.25, -0.2) is 4.98 Å². The second-order valence-corrected chi connectivity index (χ2v) is 8.71. The molecule has 6 heteroatoms. The average Bonchev–Trinajstić information content (AvgIpc) is 3.06. The van der Waals surface area contributed by atoms with E-state index in [1.165, 1.54) is 32.1 Å². The van der Waals surface area contributed by atoms with Crippen LogP contribution >= 0.6 is 0 Å². The Balaban J connectivity index is 1.30. The van der Waals surface area contributed by atoms with Crippen molar-refractivity contribution in [1.29, 1.82) is 0 Å². The number of ether oxygens (including phenoxy) is 1.